The van der Waals surface area contributed by atoms with E-state index in [1.807, 2.05) is 18.2 Å². The Balaban J connectivity index is 2.11. The predicted molar refractivity (Wildman–Crippen MR) is 83.8 cm³/mol. The quantitative estimate of drug-likeness (QED) is 0.844. The van der Waals surface area contributed by atoms with E-state index in [2.05, 4.69) is 55.9 Å². The fourth-order valence-corrected chi connectivity index (χ4v) is 2.75. The van der Waals surface area contributed by atoms with Gasteiger partial charge < -0.3 is 10.2 Å². The number of likely N-dealkylation sites (N-methyl/N-ethyl adjacent to an activating group) is 1. The van der Waals surface area contributed by atoms with Crippen LogP contribution in [0.25, 0.3) is 0 Å². The highest BCUT2D eigenvalue weighted by Gasteiger charge is 2.21. The van der Waals surface area contributed by atoms with Crippen molar-refractivity contribution >= 4 is 31.9 Å². The number of hydrogen-bond acceptors (Lipinski definition) is 3. The molecule has 0 saturated heterocycles. The van der Waals surface area contributed by atoms with Crippen molar-refractivity contribution in [2.45, 2.75) is 12.6 Å². The van der Waals surface area contributed by atoms with Crippen LogP contribution in [0.3, 0.4) is 0 Å². The van der Waals surface area contributed by atoms with Gasteiger partial charge >= 0.3 is 0 Å². The molecule has 0 bridgehead atoms. The first kappa shape index (κ1) is 14.8. The molecule has 2 aromatic rings. The zero-order valence-corrected chi connectivity index (χ0v) is 13.8. The minimum Gasteiger partial charge on any atom is -0.466 e. The van der Waals surface area contributed by atoms with Crippen LogP contribution in [0, 0.1) is 0 Å². The summed E-state index contributed by atoms with van der Waals surface area (Å²) in [6.07, 6.45) is 1.68. The van der Waals surface area contributed by atoms with E-state index in [0.717, 1.165) is 21.3 Å². The van der Waals surface area contributed by atoms with E-state index < -0.39 is 0 Å². The Morgan fingerprint density at radius 2 is 1.89 bits per heavy atom. The molecule has 2 rings (SSSR count). The van der Waals surface area contributed by atoms with E-state index in [4.69, 9.17) is 10.2 Å². The molecule has 0 radical (unpaired) electrons. The maximum Gasteiger partial charge on any atom is 0.136 e. The Morgan fingerprint density at radius 1 is 1.21 bits per heavy atom. The Bertz CT molecular complexity index is 524. The molecule has 0 aliphatic carbocycles. The average Bonchev–Trinajstić information content (AvgIpc) is 2.80. The SMILES string of the molecule is CN(Cc1ccc(Br)cc1)C(CN)c1occc1Br. The summed E-state index contributed by atoms with van der Waals surface area (Å²) in [6, 6.07) is 10.3. The third kappa shape index (κ3) is 3.69. The standard InChI is InChI=1S/C14H16Br2N2O/c1-18(9-10-2-4-11(15)5-3-10)13(8-17)14-12(16)6-7-19-14/h2-7,13H,8-9,17H2,1H3. The molecule has 0 saturated carbocycles. The summed E-state index contributed by atoms with van der Waals surface area (Å²) in [7, 11) is 2.05. The van der Waals surface area contributed by atoms with E-state index in [1.54, 1.807) is 6.26 Å². The third-order valence-corrected chi connectivity index (χ3v) is 4.23. The van der Waals surface area contributed by atoms with Gasteiger partial charge in [-0.15, -0.1) is 0 Å². The third-order valence-electron chi connectivity index (χ3n) is 3.05. The maximum atomic E-state index is 5.88. The van der Waals surface area contributed by atoms with Crippen LogP contribution in [-0.2, 0) is 6.54 Å². The van der Waals surface area contributed by atoms with E-state index in [-0.39, 0.29) is 6.04 Å². The average molecular weight is 388 g/mol. The molecule has 102 valence electrons. The molecule has 1 atom stereocenters. The lowest BCUT2D eigenvalue weighted by Crippen LogP contribution is -2.30. The van der Waals surface area contributed by atoms with Gasteiger partial charge in [-0.05, 0) is 46.7 Å². The molecule has 19 heavy (non-hydrogen) atoms. The van der Waals surface area contributed by atoms with E-state index in [0.29, 0.717) is 6.54 Å². The van der Waals surface area contributed by atoms with Crippen molar-refractivity contribution in [1.82, 2.24) is 4.90 Å². The molecule has 0 fully saturated rings. The smallest absolute Gasteiger partial charge is 0.136 e. The number of rotatable bonds is 5. The lowest BCUT2D eigenvalue weighted by atomic mass is 10.1. The first-order valence-electron chi connectivity index (χ1n) is 5.99. The highest BCUT2D eigenvalue weighted by molar-refractivity contribution is 9.10. The summed E-state index contributed by atoms with van der Waals surface area (Å²) in [6.45, 7) is 1.33. The molecule has 1 heterocycles. The summed E-state index contributed by atoms with van der Waals surface area (Å²) in [4.78, 5) is 2.19. The molecule has 2 N–H and O–H groups in total. The number of nitrogens with two attached hydrogens (primary N) is 1. The maximum absolute atomic E-state index is 5.88. The number of benzene rings is 1. The summed E-state index contributed by atoms with van der Waals surface area (Å²) < 4.78 is 7.57. The van der Waals surface area contributed by atoms with Gasteiger partial charge in [-0.1, -0.05) is 28.1 Å². The van der Waals surface area contributed by atoms with Crippen molar-refractivity contribution in [3.05, 3.63) is 56.9 Å². The lowest BCUT2D eigenvalue weighted by molar-refractivity contribution is 0.212. The zero-order valence-electron chi connectivity index (χ0n) is 10.6. The minimum absolute atomic E-state index is 0.0630. The van der Waals surface area contributed by atoms with Crippen LogP contribution in [0.4, 0.5) is 0 Å². The monoisotopic (exact) mass is 386 g/mol. The lowest BCUT2D eigenvalue weighted by Gasteiger charge is -2.25. The molecule has 5 heteroatoms. The minimum atomic E-state index is 0.0630. The van der Waals surface area contributed by atoms with Crippen molar-refractivity contribution in [2.75, 3.05) is 13.6 Å². The Kier molecular flexibility index (Phi) is 5.21. The molecule has 0 spiro atoms. The van der Waals surface area contributed by atoms with Gasteiger partial charge in [-0.2, -0.15) is 0 Å². The highest BCUT2D eigenvalue weighted by atomic mass is 79.9. The normalized spacial score (nSPS) is 12.9. The van der Waals surface area contributed by atoms with E-state index in [1.165, 1.54) is 5.56 Å². The molecular weight excluding hydrogens is 372 g/mol. The van der Waals surface area contributed by atoms with Crippen LogP contribution in [0.1, 0.15) is 17.4 Å². The first-order valence-corrected chi connectivity index (χ1v) is 7.58. The summed E-state index contributed by atoms with van der Waals surface area (Å²) >= 11 is 6.93. The molecule has 1 aromatic carbocycles. The van der Waals surface area contributed by atoms with Gasteiger partial charge in [0.25, 0.3) is 0 Å². The van der Waals surface area contributed by atoms with Gasteiger partial charge in [0.05, 0.1) is 16.8 Å². The van der Waals surface area contributed by atoms with Crippen LogP contribution < -0.4 is 5.73 Å². The van der Waals surface area contributed by atoms with Crippen molar-refractivity contribution in [2.24, 2.45) is 5.73 Å². The molecule has 0 amide bonds. The van der Waals surface area contributed by atoms with Crippen molar-refractivity contribution in [3.8, 4) is 0 Å². The zero-order chi connectivity index (χ0) is 13.8. The van der Waals surface area contributed by atoms with Crippen molar-refractivity contribution in [3.63, 3.8) is 0 Å². The molecule has 1 unspecified atom stereocenters. The fourth-order valence-electron chi connectivity index (χ4n) is 2.02. The Hall–Kier alpha value is -0.620. The van der Waals surface area contributed by atoms with Crippen molar-refractivity contribution in [1.29, 1.82) is 0 Å². The van der Waals surface area contributed by atoms with Gasteiger partial charge in [-0.3, -0.25) is 4.90 Å². The van der Waals surface area contributed by atoms with Gasteiger partial charge in [0, 0.05) is 17.6 Å². The van der Waals surface area contributed by atoms with Gasteiger partial charge in [-0.25, -0.2) is 0 Å². The number of halogens is 2. The van der Waals surface area contributed by atoms with E-state index >= 15 is 0 Å². The highest BCUT2D eigenvalue weighted by Crippen LogP contribution is 2.28. The van der Waals surface area contributed by atoms with Crippen LogP contribution in [-0.4, -0.2) is 18.5 Å². The topological polar surface area (TPSA) is 42.4 Å². The second-order valence-electron chi connectivity index (χ2n) is 4.43. The Labute approximate surface area is 130 Å². The molecule has 0 aliphatic rings. The fraction of sp³-hybridized carbons (Fsp3) is 0.286. The van der Waals surface area contributed by atoms with Crippen molar-refractivity contribution < 1.29 is 4.42 Å². The first-order chi connectivity index (χ1) is 9.11. The summed E-state index contributed by atoms with van der Waals surface area (Å²) in [5.74, 6) is 0.877. The Morgan fingerprint density at radius 3 is 2.42 bits per heavy atom. The molecule has 3 nitrogen and oxygen atoms in total. The summed E-state index contributed by atoms with van der Waals surface area (Å²) in [5.41, 5.74) is 7.12. The van der Waals surface area contributed by atoms with Crippen LogP contribution >= 0.6 is 31.9 Å². The second kappa shape index (κ2) is 6.70. The largest absolute Gasteiger partial charge is 0.466 e. The van der Waals surface area contributed by atoms with Gasteiger partial charge in [0.15, 0.2) is 0 Å². The van der Waals surface area contributed by atoms with Gasteiger partial charge in [0.1, 0.15) is 5.76 Å². The molecule has 0 aliphatic heterocycles. The van der Waals surface area contributed by atoms with Gasteiger partial charge in [0.2, 0.25) is 0 Å². The molecular formula is C14H16Br2N2O. The van der Waals surface area contributed by atoms with Crippen LogP contribution in [0.2, 0.25) is 0 Å². The molecule has 1 aromatic heterocycles. The second-order valence-corrected chi connectivity index (χ2v) is 6.20. The van der Waals surface area contributed by atoms with Crippen LogP contribution in [0.5, 0.6) is 0 Å². The predicted octanol–water partition coefficient (Wildman–Crippen LogP) is 3.94. The number of furan rings is 1. The number of nitrogens with zero attached hydrogens (tertiary/aromatic N) is 1. The van der Waals surface area contributed by atoms with E-state index in [9.17, 15) is 0 Å². The summed E-state index contributed by atoms with van der Waals surface area (Å²) in [5, 5.41) is 0. The number of hydrogen-bond donors (Lipinski definition) is 1. The van der Waals surface area contributed by atoms with Crippen LogP contribution in [0.15, 0.2) is 50.0 Å².